The molecule has 0 fully saturated rings. The van der Waals surface area contributed by atoms with Crippen LogP contribution >= 0.6 is 12.6 Å². The van der Waals surface area contributed by atoms with Crippen molar-refractivity contribution in [1.29, 1.82) is 0 Å². The Kier molecular flexibility index (Phi) is 6.26. The normalized spacial score (nSPS) is 14.5. The number of carbonyl (C=O) groups is 2. The maximum atomic E-state index is 10.9. The number of aliphatic carboxylic acids is 1. The van der Waals surface area contributed by atoms with Gasteiger partial charge in [-0.3, -0.25) is 9.59 Å². The Morgan fingerprint density at radius 1 is 1.36 bits per heavy atom. The minimum absolute atomic E-state index is 0.0478. The number of hydrogen-bond donors (Lipinski definition) is 4. The molecule has 0 unspecified atom stereocenters. The van der Waals surface area contributed by atoms with Gasteiger partial charge in [0.25, 0.3) is 0 Å². The predicted molar refractivity (Wildman–Crippen MR) is 53.0 cm³/mol. The SMILES string of the molecule is N[C@@H](CCOC(=O)[C@@H](N)CS)C(=O)O. The second kappa shape index (κ2) is 6.63. The van der Waals surface area contributed by atoms with Crippen molar-refractivity contribution in [3.63, 3.8) is 0 Å². The van der Waals surface area contributed by atoms with E-state index in [1.54, 1.807) is 0 Å². The summed E-state index contributed by atoms with van der Waals surface area (Å²) in [5, 5.41) is 8.40. The molecular weight excluding hydrogens is 208 g/mol. The zero-order chi connectivity index (χ0) is 11.1. The first-order valence-electron chi connectivity index (χ1n) is 4.00. The summed E-state index contributed by atoms with van der Waals surface area (Å²) in [5.41, 5.74) is 10.5. The van der Waals surface area contributed by atoms with Crippen molar-refractivity contribution >= 4 is 24.6 Å². The third kappa shape index (κ3) is 5.05. The van der Waals surface area contributed by atoms with Gasteiger partial charge in [-0.15, -0.1) is 0 Å². The van der Waals surface area contributed by atoms with Crippen LogP contribution in [0.5, 0.6) is 0 Å². The van der Waals surface area contributed by atoms with E-state index in [0.29, 0.717) is 0 Å². The molecular formula is C7H14N2O4S. The maximum Gasteiger partial charge on any atom is 0.323 e. The molecule has 0 aromatic carbocycles. The van der Waals surface area contributed by atoms with Crippen molar-refractivity contribution in [2.75, 3.05) is 12.4 Å². The molecule has 0 bridgehead atoms. The van der Waals surface area contributed by atoms with Gasteiger partial charge in [0, 0.05) is 12.2 Å². The molecule has 0 aliphatic carbocycles. The number of nitrogens with two attached hydrogens (primary N) is 2. The van der Waals surface area contributed by atoms with Crippen molar-refractivity contribution < 1.29 is 19.4 Å². The van der Waals surface area contributed by atoms with Crippen LogP contribution in [0.2, 0.25) is 0 Å². The van der Waals surface area contributed by atoms with E-state index in [-0.39, 0.29) is 18.8 Å². The fourth-order valence-electron chi connectivity index (χ4n) is 0.592. The summed E-state index contributed by atoms with van der Waals surface area (Å²) < 4.78 is 4.66. The highest BCUT2D eigenvalue weighted by molar-refractivity contribution is 7.80. The van der Waals surface area contributed by atoms with Gasteiger partial charge in [-0.05, 0) is 0 Å². The van der Waals surface area contributed by atoms with Gasteiger partial charge < -0.3 is 21.3 Å². The van der Waals surface area contributed by atoms with E-state index in [4.69, 9.17) is 16.6 Å². The van der Waals surface area contributed by atoms with Crippen molar-refractivity contribution in [3.8, 4) is 0 Å². The number of hydrogen-bond acceptors (Lipinski definition) is 6. The minimum Gasteiger partial charge on any atom is -0.480 e. The summed E-state index contributed by atoms with van der Waals surface area (Å²) >= 11 is 3.81. The highest BCUT2D eigenvalue weighted by atomic mass is 32.1. The molecule has 0 saturated heterocycles. The average molecular weight is 222 g/mol. The topological polar surface area (TPSA) is 116 Å². The van der Waals surface area contributed by atoms with Crippen molar-refractivity contribution in [3.05, 3.63) is 0 Å². The lowest BCUT2D eigenvalue weighted by Gasteiger charge is -2.10. The number of esters is 1. The van der Waals surface area contributed by atoms with Crippen LogP contribution in [-0.4, -0.2) is 41.5 Å². The predicted octanol–water partition coefficient (Wildman–Crippen LogP) is -1.41. The number of carboxylic acids is 1. The zero-order valence-electron chi connectivity index (χ0n) is 7.55. The molecule has 0 saturated carbocycles. The Hall–Kier alpha value is -0.790. The Morgan fingerprint density at radius 3 is 2.36 bits per heavy atom. The molecule has 0 spiro atoms. The van der Waals surface area contributed by atoms with Gasteiger partial charge in [-0.2, -0.15) is 12.6 Å². The quantitative estimate of drug-likeness (QED) is 0.324. The van der Waals surface area contributed by atoms with Gasteiger partial charge >= 0.3 is 11.9 Å². The number of carbonyl (C=O) groups excluding carboxylic acids is 1. The van der Waals surface area contributed by atoms with E-state index in [1.165, 1.54) is 0 Å². The van der Waals surface area contributed by atoms with Crippen LogP contribution in [-0.2, 0) is 14.3 Å². The van der Waals surface area contributed by atoms with E-state index in [1.807, 2.05) is 0 Å². The average Bonchev–Trinajstić information content (AvgIpc) is 2.15. The third-order valence-corrected chi connectivity index (χ3v) is 1.88. The second-order valence-corrected chi connectivity index (χ2v) is 3.06. The first-order chi connectivity index (χ1) is 6.49. The van der Waals surface area contributed by atoms with Crippen LogP contribution in [0.25, 0.3) is 0 Å². The molecule has 0 rings (SSSR count). The van der Waals surface area contributed by atoms with Crippen LogP contribution in [0, 0.1) is 0 Å². The van der Waals surface area contributed by atoms with Gasteiger partial charge in [0.15, 0.2) is 0 Å². The molecule has 14 heavy (non-hydrogen) atoms. The monoisotopic (exact) mass is 222 g/mol. The van der Waals surface area contributed by atoms with Crippen molar-refractivity contribution in [2.45, 2.75) is 18.5 Å². The first kappa shape index (κ1) is 13.2. The van der Waals surface area contributed by atoms with E-state index >= 15 is 0 Å². The summed E-state index contributed by atoms with van der Waals surface area (Å²) in [5.74, 6) is -1.54. The summed E-state index contributed by atoms with van der Waals surface area (Å²) in [6.07, 6.45) is 0.0698. The summed E-state index contributed by atoms with van der Waals surface area (Å²) in [7, 11) is 0. The first-order valence-corrected chi connectivity index (χ1v) is 4.63. The fraction of sp³-hybridized carbons (Fsp3) is 0.714. The zero-order valence-corrected chi connectivity index (χ0v) is 8.44. The smallest absolute Gasteiger partial charge is 0.323 e. The molecule has 0 aliphatic rings. The van der Waals surface area contributed by atoms with E-state index in [0.717, 1.165) is 0 Å². The van der Waals surface area contributed by atoms with Gasteiger partial charge in [0.1, 0.15) is 12.1 Å². The summed E-state index contributed by atoms with van der Waals surface area (Å²) in [4.78, 5) is 21.2. The highest BCUT2D eigenvalue weighted by Gasteiger charge is 2.15. The lowest BCUT2D eigenvalue weighted by atomic mass is 10.2. The Bertz CT molecular complexity index is 212. The molecule has 5 N–H and O–H groups in total. The van der Waals surface area contributed by atoms with Crippen LogP contribution in [0.4, 0.5) is 0 Å². The summed E-state index contributed by atoms with van der Waals surface area (Å²) in [6, 6.07) is -1.80. The molecule has 0 aromatic rings. The van der Waals surface area contributed by atoms with E-state index in [2.05, 4.69) is 17.4 Å². The summed E-state index contributed by atoms with van der Waals surface area (Å²) in [6.45, 7) is -0.0478. The van der Waals surface area contributed by atoms with Crippen LogP contribution < -0.4 is 11.5 Å². The molecule has 0 aliphatic heterocycles. The van der Waals surface area contributed by atoms with Crippen molar-refractivity contribution in [1.82, 2.24) is 0 Å². The number of ether oxygens (including phenoxy) is 1. The molecule has 82 valence electrons. The van der Waals surface area contributed by atoms with Crippen LogP contribution in [0.15, 0.2) is 0 Å². The maximum absolute atomic E-state index is 10.9. The number of carboxylic acid groups (broad SMARTS) is 1. The Morgan fingerprint density at radius 2 is 1.93 bits per heavy atom. The highest BCUT2D eigenvalue weighted by Crippen LogP contribution is 1.93. The minimum atomic E-state index is -1.13. The lowest BCUT2D eigenvalue weighted by molar-refractivity contribution is -0.146. The molecule has 0 radical (unpaired) electrons. The van der Waals surface area contributed by atoms with Gasteiger partial charge in [-0.1, -0.05) is 0 Å². The van der Waals surface area contributed by atoms with Gasteiger partial charge in [0.2, 0.25) is 0 Å². The van der Waals surface area contributed by atoms with E-state index in [9.17, 15) is 9.59 Å². The lowest BCUT2D eigenvalue weighted by Crippen LogP contribution is -2.36. The third-order valence-electron chi connectivity index (χ3n) is 1.49. The molecule has 0 amide bonds. The van der Waals surface area contributed by atoms with E-state index < -0.39 is 24.0 Å². The molecule has 7 heteroatoms. The Labute approximate surface area is 87.0 Å². The molecule has 2 atom stereocenters. The molecule has 0 aromatic heterocycles. The largest absolute Gasteiger partial charge is 0.480 e. The van der Waals surface area contributed by atoms with Gasteiger partial charge in [0.05, 0.1) is 6.61 Å². The molecule has 0 heterocycles. The Balaban J connectivity index is 3.64. The molecule has 6 nitrogen and oxygen atoms in total. The van der Waals surface area contributed by atoms with Crippen LogP contribution in [0.3, 0.4) is 0 Å². The second-order valence-electron chi connectivity index (χ2n) is 2.69. The standard InChI is InChI=1S/C7H14N2O4S/c8-4(6(10)11)1-2-13-7(12)5(9)3-14/h4-5,14H,1-3,8-9H2,(H,10,11)/t4-,5-/m0/s1. The van der Waals surface area contributed by atoms with Crippen LogP contribution in [0.1, 0.15) is 6.42 Å². The van der Waals surface area contributed by atoms with Gasteiger partial charge in [-0.25, -0.2) is 0 Å². The number of thiol groups is 1. The number of rotatable bonds is 6. The fourth-order valence-corrected chi connectivity index (χ4v) is 0.741. The van der Waals surface area contributed by atoms with Crippen molar-refractivity contribution in [2.24, 2.45) is 11.5 Å².